The number of urea groups is 1. The molecule has 0 spiro atoms. The van der Waals surface area contributed by atoms with E-state index in [0.717, 1.165) is 18.7 Å². The molecule has 3 amide bonds. The lowest BCUT2D eigenvalue weighted by molar-refractivity contribution is -0.117. The lowest BCUT2D eigenvalue weighted by Crippen LogP contribution is -2.23. The number of nitrogens with zero attached hydrogens (tertiary/aromatic N) is 3. The van der Waals surface area contributed by atoms with E-state index in [9.17, 15) is 9.59 Å². The van der Waals surface area contributed by atoms with Crippen molar-refractivity contribution in [2.45, 2.75) is 19.4 Å². The molecule has 0 bridgehead atoms. The first-order chi connectivity index (χ1) is 12.2. The molecule has 0 unspecified atom stereocenters. The first-order valence-corrected chi connectivity index (χ1v) is 8.15. The molecule has 0 atom stereocenters. The summed E-state index contributed by atoms with van der Waals surface area (Å²) < 4.78 is 6.68. The molecule has 0 radical (unpaired) electrons. The Morgan fingerprint density at radius 3 is 2.68 bits per heavy atom. The van der Waals surface area contributed by atoms with E-state index in [4.69, 9.17) is 4.74 Å². The predicted molar refractivity (Wildman–Crippen MR) is 94.8 cm³/mol. The number of carbonyl (C=O) groups excluding carboxylic acids is 2. The number of methoxy groups -OCH3 is 1. The smallest absolute Gasteiger partial charge is 0.323 e. The van der Waals surface area contributed by atoms with Crippen molar-refractivity contribution in [2.24, 2.45) is 0 Å². The molecule has 1 aliphatic rings. The average Bonchev–Trinajstić information content (AvgIpc) is 3.22. The maximum atomic E-state index is 12.0. The number of hydrogen-bond acceptors (Lipinski definition) is 4. The van der Waals surface area contributed by atoms with Gasteiger partial charge in [-0.05, 0) is 30.7 Å². The van der Waals surface area contributed by atoms with Gasteiger partial charge < -0.3 is 20.3 Å². The number of nitrogens with one attached hydrogen (secondary N) is 2. The molecular formula is C17H21N5O3. The van der Waals surface area contributed by atoms with E-state index in [-0.39, 0.29) is 11.9 Å². The molecule has 1 aromatic carbocycles. The summed E-state index contributed by atoms with van der Waals surface area (Å²) in [6.07, 6.45) is 4.80. The Morgan fingerprint density at radius 1 is 1.24 bits per heavy atom. The fourth-order valence-electron chi connectivity index (χ4n) is 2.67. The molecule has 3 rings (SSSR count). The van der Waals surface area contributed by atoms with Crippen LogP contribution in [-0.2, 0) is 16.1 Å². The van der Waals surface area contributed by atoms with Crippen LogP contribution in [0.3, 0.4) is 0 Å². The van der Waals surface area contributed by atoms with Gasteiger partial charge in [-0.3, -0.25) is 9.48 Å². The summed E-state index contributed by atoms with van der Waals surface area (Å²) in [5.74, 6) is 0.143. The molecule has 8 heteroatoms. The van der Waals surface area contributed by atoms with Gasteiger partial charge in [0.15, 0.2) is 0 Å². The van der Waals surface area contributed by atoms with Crippen molar-refractivity contribution in [3.8, 4) is 0 Å². The molecule has 1 fully saturated rings. The minimum absolute atomic E-state index is 0.143. The molecule has 25 heavy (non-hydrogen) atoms. The van der Waals surface area contributed by atoms with Gasteiger partial charge in [0.2, 0.25) is 5.91 Å². The number of hydrogen-bond donors (Lipinski definition) is 2. The van der Waals surface area contributed by atoms with Gasteiger partial charge in [-0.1, -0.05) is 0 Å². The van der Waals surface area contributed by atoms with Gasteiger partial charge in [-0.2, -0.15) is 5.10 Å². The van der Waals surface area contributed by atoms with Crippen LogP contribution in [0.5, 0.6) is 0 Å². The largest absolute Gasteiger partial charge is 0.383 e. The molecule has 2 aromatic rings. The van der Waals surface area contributed by atoms with Crippen molar-refractivity contribution in [1.82, 2.24) is 9.78 Å². The Balaban J connectivity index is 1.54. The normalized spacial score (nSPS) is 14.0. The number of anilines is 3. The van der Waals surface area contributed by atoms with E-state index in [1.807, 2.05) is 12.1 Å². The van der Waals surface area contributed by atoms with Crippen LogP contribution in [0.2, 0.25) is 0 Å². The lowest BCUT2D eigenvalue weighted by atomic mass is 10.2. The number of rotatable bonds is 6. The molecule has 2 heterocycles. The van der Waals surface area contributed by atoms with Crippen molar-refractivity contribution < 1.29 is 14.3 Å². The summed E-state index contributed by atoms with van der Waals surface area (Å²) >= 11 is 0. The molecule has 1 aliphatic heterocycles. The van der Waals surface area contributed by atoms with Crippen LogP contribution in [0.15, 0.2) is 36.7 Å². The first-order valence-electron chi connectivity index (χ1n) is 8.15. The van der Waals surface area contributed by atoms with E-state index in [0.29, 0.717) is 30.9 Å². The Hall–Kier alpha value is -2.87. The summed E-state index contributed by atoms with van der Waals surface area (Å²) in [5.41, 5.74) is 2.11. The third-order valence-corrected chi connectivity index (χ3v) is 3.93. The highest BCUT2D eigenvalue weighted by Crippen LogP contribution is 2.23. The number of benzene rings is 1. The minimum atomic E-state index is -0.351. The Labute approximate surface area is 145 Å². The number of aromatic nitrogens is 2. The van der Waals surface area contributed by atoms with Crippen molar-refractivity contribution in [3.63, 3.8) is 0 Å². The standard InChI is InChI=1S/C17H21N5O3/c1-25-10-9-21-12-14(11-18-21)20-17(24)19-13-4-6-15(7-5-13)22-8-2-3-16(22)23/h4-7,11-12H,2-3,8-10H2,1H3,(H2,19,20,24). The second-order valence-corrected chi connectivity index (χ2v) is 5.76. The zero-order valence-corrected chi connectivity index (χ0v) is 14.1. The van der Waals surface area contributed by atoms with Gasteiger partial charge in [0.05, 0.1) is 25.0 Å². The van der Waals surface area contributed by atoms with Gasteiger partial charge in [-0.15, -0.1) is 0 Å². The molecule has 1 saturated heterocycles. The van der Waals surface area contributed by atoms with Gasteiger partial charge >= 0.3 is 6.03 Å². The van der Waals surface area contributed by atoms with E-state index in [1.165, 1.54) is 0 Å². The van der Waals surface area contributed by atoms with Crippen LogP contribution in [-0.4, -0.2) is 42.0 Å². The average molecular weight is 343 g/mol. The summed E-state index contributed by atoms with van der Waals surface area (Å²) in [4.78, 5) is 25.6. The number of ether oxygens (including phenoxy) is 1. The molecule has 132 valence electrons. The van der Waals surface area contributed by atoms with Gasteiger partial charge in [0, 0.05) is 37.6 Å². The van der Waals surface area contributed by atoms with Crippen LogP contribution < -0.4 is 15.5 Å². The highest BCUT2D eigenvalue weighted by atomic mass is 16.5. The molecule has 0 aliphatic carbocycles. The monoisotopic (exact) mass is 343 g/mol. The Kier molecular flexibility index (Phi) is 5.30. The molecule has 1 aromatic heterocycles. The lowest BCUT2D eigenvalue weighted by Gasteiger charge is -2.16. The molecular weight excluding hydrogens is 322 g/mol. The minimum Gasteiger partial charge on any atom is -0.383 e. The van der Waals surface area contributed by atoms with Crippen molar-refractivity contribution in [3.05, 3.63) is 36.7 Å². The summed E-state index contributed by atoms with van der Waals surface area (Å²) in [7, 11) is 1.63. The van der Waals surface area contributed by atoms with Gasteiger partial charge in [-0.25, -0.2) is 4.79 Å². The predicted octanol–water partition coefficient (Wildman–Crippen LogP) is 2.30. The Bertz CT molecular complexity index is 741. The zero-order valence-electron chi connectivity index (χ0n) is 14.1. The molecule has 2 N–H and O–H groups in total. The van der Waals surface area contributed by atoms with Gasteiger partial charge in [0.25, 0.3) is 0 Å². The fraction of sp³-hybridized carbons (Fsp3) is 0.353. The summed E-state index contributed by atoms with van der Waals surface area (Å²) in [5, 5.41) is 9.62. The van der Waals surface area contributed by atoms with Crippen molar-refractivity contribution >= 4 is 29.0 Å². The van der Waals surface area contributed by atoms with Gasteiger partial charge in [0.1, 0.15) is 0 Å². The van der Waals surface area contributed by atoms with E-state index in [2.05, 4.69) is 15.7 Å². The maximum absolute atomic E-state index is 12.0. The topological polar surface area (TPSA) is 88.5 Å². The SMILES string of the molecule is COCCn1cc(NC(=O)Nc2ccc(N3CCCC3=O)cc2)cn1. The van der Waals surface area contributed by atoms with Crippen LogP contribution in [0.25, 0.3) is 0 Å². The third kappa shape index (κ3) is 4.36. The third-order valence-electron chi connectivity index (χ3n) is 3.93. The second kappa shape index (κ2) is 7.80. The molecule has 8 nitrogen and oxygen atoms in total. The van der Waals surface area contributed by atoms with E-state index < -0.39 is 0 Å². The molecule has 0 saturated carbocycles. The highest BCUT2D eigenvalue weighted by molar-refractivity contribution is 6.00. The second-order valence-electron chi connectivity index (χ2n) is 5.76. The van der Waals surface area contributed by atoms with Crippen LogP contribution in [0.1, 0.15) is 12.8 Å². The zero-order chi connectivity index (χ0) is 17.6. The summed E-state index contributed by atoms with van der Waals surface area (Å²) in [6, 6.07) is 6.88. The van der Waals surface area contributed by atoms with Crippen molar-refractivity contribution in [1.29, 1.82) is 0 Å². The Morgan fingerprint density at radius 2 is 2.00 bits per heavy atom. The maximum Gasteiger partial charge on any atom is 0.323 e. The van der Waals surface area contributed by atoms with Crippen molar-refractivity contribution in [2.75, 3.05) is 35.8 Å². The van der Waals surface area contributed by atoms with Crippen LogP contribution in [0, 0.1) is 0 Å². The number of amides is 3. The fourth-order valence-corrected chi connectivity index (χ4v) is 2.67. The van der Waals surface area contributed by atoms with Crippen LogP contribution in [0.4, 0.5) is 21.9 Å². The van der Waals surface area contributed by atoms with E-state index >= 15 is 0 Å². The quantitative estimate of drug-likeness (QED) is 0.842. The number of carbonyl (C=O) groups is 2. The van der Waals surface area contributed by atoms with E-state index in [1.54, 1.807) is 41.2 Å². The van der Waals surface area contributed by atoms with Crippen LogP contribution >= 0.6 is 0 Å². The first kappa shape index (κ1) is 17.0. The highest BCUT2D eigenvalue weighted by Gasteiger charge is 2.21. The summed E-state index contributed by atoms with van der Waals surface area (Å²) in [6.45, 7) is 1.93.